The number of rotatable bonds is 6. The third-order valence-corrected chi connectivity index (χ3v) is 5.16. The maximum atomic E-state index is 5.96. The molecule has 0 spiro atoms. The van der Waals surface area contributed by atoms with E-state index < -0.39 is 0 Å². The van der Waals surface area contributed by atoms with Crippen LogP contribution in [0.1, 0.15) is 24.0 Å². The van der Waals surface area contributed by atoms with Crippen LogP contribution in [-0.4, -0.2) is 54.2 Å². The standard InChI is InChI=1S/C20H26N4O/c1-4-17-6-7-19(16-18(17)5-1)25-15-3-10-23-11-13-24(14-12-23)20-21-8-2-9-22-20/h2,6-9,16H,1,3-5,10-15H2. The maximum Gasteiger partial charge on any atom is 0.225 e. The van der Waals surface area contributed by atoms with Gasteiger partial charge in [-0.2, -0.15) is 0 Å². The van der Waals surface area contributed by atoms with Crippen LogP contribution in [0.5, 0.6) is 5.75 Å². The molecule has 1 aromatic carbocycles. The fraction of sp³-hybridized carbons (Fsp3) is 0.500. The van der Waals surface area contributed by atoms with Gasteiger partial charge in [-0.1, -0.05) is 6.07 Å². The Bertz CT molecular complexity index is 683. The molecule has 25 heavy (non-hydrogen) atoms. The van der Waals surface area contributed by atoms with Crippen LogP contribution in [0, 0.1) is 0 Å². The molecule has 1 aliphatic carbocycles. The van der Waals surface area contributed by atoms with Crippen LogP contribution < -0.4 is 9.64 Å². The van der Waals surface area contributed by atoms with Crippen molar-refractivity contribution >= 4 is 5.95 Å². The molecular formula is C20H26N4O. The first-order valence-electron chi connectivity index (χ1n) is 9.37. The summed E-state index contributed by atoms with van der Waals surface area (Å²) in [6, 6.07) is 8.47. The van der Waals surface area contributed by atoms with Crippen LogP contribution in [-0.2, 0) is 12.8 Å². The normalized spacial score (nSPS) is 17.5. The lowest BCUT2D eigenvalue weighted by Gasteiger charge is -2.34. The average Bonchev–Trinajstić information content (AvgIpc) is 3.14. The van der Waals surface area contributed by atoms with Gasteiger partial charge in [-0.05, 0) is 55.0 Å². The zero-order valence-corrected chi connectivity index (χ0v) is 14.7. The van der Waals surface area contributed by atoms with Gasteiger partial charge in [0.25, 0.3) is 0 Å². The zero-order valence-electron chi connectivity index (χ0n) is 14.7. The number of fused-ring (bicyclic) bond motifs is 1. The SMILES string of the molecule is c1cnc(N2CCN(CCCOc3ccc4c(c3)CCC4)CC2)nc1. The highest BCUT2D eigenvalue weighted by Crippen LogP contribution is 2.26. The van der Waals surface area contributed by atoms with E-state index in [9.17, 15) is 0 Å². The molecule has 0 unspecified atom stereocenters. The Hall–Kier alpha value is -2.14. The molecule has 2 heterocycles. The zero-order chi connectivity index (χ0) is 16.9. The number of benzene rings is 1. The fourth-order valence-electron chi connectivity index (χ4n) is 3.74. The monoisotopic (exact) mass is 338 g/mol. The molecule has 1 fully saturated rings. The number of anilines is 1. The van der Waals surface area contributed by atoms with Crippen LogP contribution in [0.2, 0.25) is 0 Å². The van der Waals surface area contributed by atoms with Crippen molar-refractivity contribution < 1.29 is 4.74 Å². The molecule has 2 aromatic rings. The summed E-state index contributed by atoms with van der Waals surface area (Å²) in [6.07, 6.45) is 8.42. The Kier molecular flexibility index (Phi) is 5.11. The molecule has 4 rings (SSSR count). The summed E-state index contributed by atoms with van der Waals surface area (Å²) in [4.78, 5) is 13.4. The number of nitrogens with zero attached hydrogens (tertiary/aromatic N) is 4. The van der Waals surface area contributed by atoms with E-state index in [0.29, 0.717) is 0 Å². The van der Waals surface area contributed by atoms with Crippen molar-refractivity contribution in [1.82, 2.24) is 14.9 Å². The highest BCUT2D eigenvalue weighted by atomic mass is 16.5. The minimum Gasteiger partial charge on any atom is -0.494 e. The largest absolute Gasteiger partial charge is 0.494 e. The van der Waals surface area contributed by atoms with E-state index in [2.05, 4.69) is 38.0 Å². The quantitative estimate of drug-likeness (QED) is 0.757. The summed E-state index contributed by atoms with van der Waals surface area (Å²) in [5.41, 5.74) is 2.99. The highest BCUT2D eigenvalue weighted by molar-refractivity contribution is 5.38. The van der Waals surface area contributed by atoms with Crippen LogP contribution in [0.4, 0.5) is 5.95 Å². The van der Waals surface area contributed by atoms with E-state index in [0.717, 1.165) is 57.4 Å². The summed E-state index contributed by atoms with van der Waals surface area (Å²) in [5, 5.41) is 0. The number of hydrogen-bond acceptors (Lipinski definition) is 5. The van der Waals surface area contributed by atoms with E-state index in [1.165, 1.54) is 30.4 Å². The maximum absolute atomic E-state index is 5.96. The molecule has 0 bridgehead atoms. The Morgan fingerprint density at radius 1 is 0.960 bits per heavy atom. The highest BCUT2D eigenvalue weighted by Gasteiger charge is 2.18. The Balaban J connectivity index is 1.16. The van der Waals surface area contributed by atoms with Crippen molar-refractivity contribution in [1.29, 1.82) is 0 Å². The first kappa shape index (κ1) is 16.3. The van der Waals surface area contributed by atoms with Gasteiger partial charge in [0.15, 0.2) is 0 Å². The summed E-state index contributed by atoms with van der Waals surface area (Å²) >= 11 is 0. The predicted octanol–water partition coefficient (Wildman–Crippen LogP) is 2.56. The summed E-state index contributed by atoms with van der Waals surface area (Å²) in [6.45, 7) is 6.01. The van der Waals surface area contributed by atoms with Gasteiger partial charge in [0, 0.05) is 45.1 Å². The molecule has 1 saturated heterocycles. The van der Waals surface area contributed by atoms with E-state index >= 15 is 0 Å². The van der Waals surface area contributed by atoms with Crippen molar-refractivity contribution in [3.63, 3.8) is 0 Å². The number of aryl methyl sites for hydroxylation is 2. The van der Waals surface area contributed by atoms with E-state index in [4.69, 9.17) is 4.74 Å². The lowest BCUT2D eigenvalue weighted by molar-refractivity contribution is 0.224. The van der Waals surface area contributed by atoms with Crippen molar-refractivity contribution in [2.75, 3.05) is 44.2 Å². The minimum atomic E-state index is 0.792. The second-order valence-electron chi connectivity index (χ2n) is 6.86. The summed E-state index contributed by atoms with van der Waals surface area (Å²) < 4.78 is 5.96. The Morgan fingerprint density at radius 3 is 2.60 bits per heavy atom. The van der Waals surface area contributed by atoms with Gasteiger partial charge >= 0.3 is 0 Å². The third kappa shape index (κ3) is 4.10. The summed E-state index contributed by atoms with van der Waals surface area (Å²) in [5.74, 6) is 1.88. The van der Waals surface area contributed by atoms with Gasteiger partial charge in [0.2, 0.25) is 5.95 Å². The van der Waals surface area contributed by atoms with Crippen LogP contribution in [0.15, 0.2) is 36.7 Å². The molecule has 1 aromatic heterocycles. The van der Waals surface area contributed by atoms with E-state index in [1.807, 2.05) is 18.5 Å². The number of ether oxygens (including phenoxy) is 1. The van der Waals surface area contributed by atoms with Crippen molar-refractivity contribution in [3.05, 3.63) is 47.8 Å². The van der Waals surface area contributed by atoms with Gasteiger partial charge in [0.1, 0.15) is 5.75 Å². The molecule has 2 aliphatic rings. The number of piperazine rings is 1. The summed E-state index contributed by atoms with van der Waals surface area (Å²) in [7, 11) is 0. The molecule has 0 radical (unpaired) electrons. The molecule has 132 valence electrons. The molecular weight excluding hydrogens is 312 g/mol. The van der Waals surface area contributed by atoms with Crippen molar-refractivity contribution in [2.45, 2.75) is 25.7 Å². The van der Waals surface area contributed by atoms with Gasteiger partial charge in [-0.25, -0.2) is 9.97 Å². The fourth-order valence-corrected chi connectivity index (χ4v) is 3.74. The Morgan fingerprint density at radius 2 is 1.76 bits per heavy atom. The Labute approximate surface area is 149 Å². The van der Waals surface area contributed by atoms with Crippen molar-refractivity contribution in [3.8, 4) is 5.75 Å². The lowest BCUT2D eigenvalue weighted by atomic mass is 10.1. The van der Waals surface area contributed by atoms with Gasteiger partial charge in [-0.3, -0.25) is 4.90 Å². The van der Waals surface area contributed by atoms with Crippen LogP contribution >= 0.6 is 0 Å². The average molecular weight is 338 g/mol. The molecule has 0 atom stereocenters. The van der Waals surface area contributed by atoms with Gasteiger partial charge in [0.05, 0.1) is 6.61 Å². The number of aromatic nitrogens is 2. The predicted molar refractivity (Wildman–Crippen MR) is 99.3 cm³/mol. The topological polar surface area (TPSA) is 41.5 Å². The van der Waals surface area contributed by atoms with Crippen molar-refractivity contribution in [2.24, 2.45) is 0 Å². The smallest absolute Gasteiger partial charge is 0.225 e. The first-order chi connectivity index (χ1) is 12.4. The molecule has 0 saturated carbocycles. The molecule has 0 amide bonds. The van der Waals surface area contributed by atoms with E-state index in [1.54, 1.807) is 0 Å². The van der Waals surface area contributed by atoms with E-state index in [-0.39, 0.29) is 0 Å². The second-order valence-corrected chi connectivity index (χ2v) is 6.86. The molecule has 5 nitrogen and oxygen atoms in total. The first-order valence-corrected chi connectivity index (χ1v) is 9.37. The number of hydrogen-bond donors (Lipinski definition) is 0. The van der Waals surface area contributed by atoms with Gasteiger partial charge in [-0.15, -0.1) is 0 Å². The molecule has 1 aliphatic heterocycles. The minimum absolute atomic E-state index is 0.792. The molecule has 0 N–H and O–H groups in total. The molecule has 5 heteroatoms. The van der Waals surface area contributed by atoms with Gasteiger partial charge < -0.3 is 9.64 Å². The third-order valence-electron chi connectivity index (χ3n) is 5.16. The van der Waals surface area contributed by atoms with Crippen LogP contribution in [0.3, 0.4) is 0 Å². The second kappa shape index (κ2) is 7.83. The van der Waals surface area contributed by atoms with Crippen LogP contribution in [0.25, 0.3) is 0 Å². The lowest BCUT2D eigenvalue weighted by Crippen LogP contribution is -2.47.